The van der Waals surface area contributed by atoms with Crippen LogP contribution in [0.5, 0.6) is 0 Å². The Bertz CT molecular complexity index is 619. The maximum atomic E-state index is 10.5. The second-order valence-corrected chi connectivity index (χ2v) is 4.27. The van der Waals surface area contributed by atoms with Crippen molar-refractivity contribution in [2.45, 2.75) is 0 Å². The van der Waals surface area contributed by atoms with E-state index in [0.717, 1.165) is 11.3 Å². The van der Waals surface area contributed by atoms with Crippen molar-refractivity contribution >= 4 is 40.4 Å². The number of nitrogen functional groups attached to an aromatic ring is 2. The minimum Gasteiger partial charge on any atom is -0.368 e. The van der Waals surface area contributed by atoms with E-state index in [2.05, 4.69) is 25.5 Å². The van der Waals surface area contributed by atoms with Crippen molar-refractivity contribution in [1.29, 1.82) is 0 Å². The number of hydrogen-bond acceptors (Lipinski definition) is 10. The number of nitro groups is 1. The van der Waals surface area contributed by atoms with Gasteiger partial charge in [-0.3, -0.25) is 10.1 Å². The number of thiophene rings is 1. The third-order valence-electron chi connectivity index (χ3n) is 1.82. The highest BCUT2D eigenvalue weighted by atomic mass is 32.1. The summed E-state index contributed by atoms with van der Waals surface area (Å²) in [7, 11) is 0. The van der Waals surface area contributed by atoms with Gasteiger partial charge >= 0.3 is 5.00 Å². The molecular weight excluding hydrogens is 272 g/mol. The van der Waals surface area contributed by atoms with E-state index in [4.69, 9.17) is 11.5 Å². The van der Waals surface area contributed by atoms with Gasteiger partial charge in [0, 0.05) is 6.07 Å². The van der Waals surface area contributed by atoms with E-state index < -0.39 is 4.92 Å². The molecule has 0 aliphatic carbocycles. The number of nitrogens with one attached hydrogen (secondary N) is 1. The van der Waals surface area contributed by atoms with Gasteiger partial charge in [0.2, 0.25) is 17.8 Å². The first-order chi connectivity index (χ1) is 9.04. The molecule has 0 bridgehead atoms. The summed E-state index contributed by atoms with van der Waals surface area (Å²) in [6, 6.07) is 2.97. The fourth-order valence-corrected chi connectivity index (χ4v) is 1.82. The predicted molar refractivity (Wildman–Crippen MR) is 70.8 cm³/mol. The predicted octanol–water partition coefficient (Wildman–Crippen LogP) is 0.452. The average molecular weight is 280 g/mol. The monoisotopic (exact) mass is 280 g/mol. The number of nitrogens with two attached hydrogens (primary N) is 2. The summed E-state index contributed by atoms with van der Waals surface area (Å²) in [6.07, 6.45) is 1.40. The zero-order valence-electron chi connectivity index (χ0n) is 9.35. The highest BCUT2D eigenvalue weighted by molar-refractivity contribution is 7.16. The first-order valence-electron chi connectivity index (χ1n) is 4.85. The van der Waals surface area contributed by atoms with Crippen LogP contribution in [0.1, 0.15) is 4.88 Å². The van der Waals surface area contributed by atoms with Crippen molar-refractivity contribution < 1.29 is 4.92 Å². The number of anilines is 3. The molecule has 2 aromatic rings. The summed E-state index contributed by atoms with van der Waals surface area (Å²) < 4.78 is 0. The minimum atomic E-state index is -0.469. The van der Waals surface area contributed by atoms with Gasteiger partial charge in [-0.15, -0.1) is 0 Å². The molecule has 19 heavy (non-hydrogen) atoms. The largest absolute Gasteiger partial charge is 0.368 e. The summed E-state index contributed by atoms with van der Waals surface area (Å²) in [5.41, 5.74) is 13.2. The van der Waals surface area contributed by atoms with Crippen LogP contribution in [0.2, 0.25) is 0 Å². The van der Waals surface area contributed by atoms with E-state index in [1.54, 1.807) is 6.07 Å². The molecule has 2 rings (SSSR count). The Morgan fingerprint density at radius 2 is 2.00 bits per heavy atom. The van der Waals surface area contributed by atoms with Crippen LogP contribution in [0.15, 0.2) is 17.2 Å². The lowest BCUT2D eigenvalue weighted by molar-refractivity contribution is -0.380. The van der Waals surface area contributed by atoms with Gasteiger partial charge in [0.25, 0.3) is 0 Å². The quantitative estimate of drug-likeness (QED) is 0.413. The standard InChI is InChI=1S/C8H8N8O2S/c9-6-12-7(10)14-8(13-6)15-11-3-4-1-2-5(19-4)16(17)18/h1-3H,(H5,9,10,12,13,14,15)/b11-3+. The third kappa shape index (κ3) is 3.32. The van der Waals surface area contributed by atoms with Gasteiger partial charge in [-0.2, -0.15) is 20.1 Å². The fourth-order valence-electron chi connectivity index (χ4n) is 1.12. The van der Waals surface area contributed by atoms with Crippen LogP contribution >= 0.6 is 11.3 Å². The minimum absolute atomic E-state index is 0.0306. The molecule has 0 spiro atoms. The molecule has 5 N–H and O–H groups in total. The molecule has 2 heterocycles. The SMILES string of the molecule is Nc1nc(N)nc(N/N=C/c2ccc([N+](=O)[O-])s2)n1. The normalized spacial score (nSPS) is 10.7. The van der Waals surface area contributed by atoms with E-state index in [-0.39, 0.29) is 22.8 Å². The lowest BCUT2D eigenvalue weighted by Crippen LogP contribution is -2.06. The van der Waals surface area contributed by atoms with Gasteiger partial charge in [-0.05, 0) is 6.07 Å². The maximum absolute atomic E-state index is 10.5. The second kappa shape index (κ2) is 5.22. The summed E-state index contributed by atoms with van der Waals surface area (Å²) in [5.74, 6) is 0.0289. The van der Waals surface area contributed by atoms with Gasteiger partial charge in [0.05, 0.1) is 16.0 Å². The molecule has 0 saturated carbocycles. The number of aromatic nitrogens is 3. The van der Waals surface area contributed by atoms with Crippen LogP contribution < -0.4 is 16.9 Å². The molecule has 11 heteroatoms. The number of nitrogens with zero attached hydrogens (tertiary/aromatic N) is 5. The average Bonchev–Trinajstić information content (AvgIpc) is 2.76. The zero-order chi connectivity index (χ0) is 13.8. The first-order valence-corrected chi connectivity index (χ1v) is 5.66. The molecule has 0 aliphatic rings. The van der Waals surface area contributed by atoms with E-state index in [1.165, 1.54) is 12.3 Å². The number of hydrogen-bond donors (Lipinski definition) is 3. The van der Waals surface area contributed by atoms with Gasteiger partial charge in [-0.25, -0.2) is 5.43 Å². The lowest BCUT2D eigenvalue weighted by atomic mass is 10.5. The molecule has 0 fully saturated rings. The van der Waals surface area contributed by atoms with Crippen LogP contribution in [-0.4, -0.2) is 26.1 Å². The molecule has 2 aromatic heterocycles. The topological polar surface area (TPSA) is 158 Å². The Labute approximate surface area is 110 Å². The zero-order valence-corrected chi connectivity index (χ0v) is 10.2. The Morgan fingerprint density at radius 3 is 2.58 bits per heavy atom. The smallest absolute Gasteiger partial charge is 0.324 e. The Morgan fingerprint density at radius 1 is 1.32 bits per heavy atom. The second-order valence-electron chi connectivity index (χ2n) is 3.18. The highest BCUT2D eigenvalue weighted by Crippen LogP contribution is 2.22. The molecule has 0 atom stereocenters. The molecule has 0 unspecified atom stereocenters. The van der Waals surface area contributed by atoms with Crippen molar-refractivity contribution in [3.05, 3.63) is 27.1 Å². The summed E-state index contributed by atoms with van der Waals surface area (Å²) in [6.45, 7) is 0. The molecule has 0 amide bonds. The Hall–Kier alpha value is -2.82. The lowest BCUT2D eigenvalue weighted by Gasteiger charge is -1.99. The van der Waals surface area contributed by atoms with Gasteiger partial charge in [0.1, 0.15) is 0 Å². The van der Waals surface area contributed by atoms with Crippen LogP contribution in [0.3, 0.4) is 0 Å². The van der Waals surface area contributed by atoms with Gasteiger partial charge in [-0.1, -0.05) is 11.3 Å². The number of rotatable bonds is 4. The summed E-state index contributed by atoms with van der Waals surface area (Å²) >= 11 is 0.991. The van der Waals surface area contributed by atoms with Crippen LogP contribution in [0.25, 0.3) is 0 Å². The number of hydrazone groups is 1. The molecule has 0 aliphatic heterocycles. The Kier molecular flexibility index (Phi) is 3.47. The highest BCUT2D eigenvalue weighted by Gasteiger charge is 2.08. The molecule has 0 saturated heterocycles. The van der Waals surface area contributed by atoms with E-state index in [1.807, 2.05) is 0 Å². The first kappa shape index (κ1) is 12.6. The molecular formula is C8H8N8O2S. The Balaban J connectivity index is 2.04. The molecule has 10 nitrogen and oxygen atoms in total. The van der Waals surface area contributed by atoms with E-state index in [9.17, 15) is 10.1 Å². The van der Waals surface area contributed by atoms with Gasteiger partial charge < -0.3 is 11.5 Å². The van der Waals surface area contributed by atoms with Crippen molar-refractivity contribution in [3.8, 4) is 0 Å². The van der Waals surface area contributed by atoms with Crippen LogP contribution in [0.4, 0.5) is 22.8 Å². The van der Waals surface area contributed by atoms with Crippen molar-refractivity contribution in [1.82, 2.24) is 15.0 Å². The van der Waals surface area contributed by atoms with E-state index in [0.29, 0.717) is 4.88 Å². The van der Waals surface area contributed by atoms with Crippen molar-refractivity contribution in [2.24, 2.45) is 5.10 Å². The summed E-state index contributed by atoms with van der Waals surface area (Å²) in [5, 5.41) is 14.3. The third-order valence-corrected chi connectivity index (χ3v) is 2.79. The van der Waals surface area contributed by atoms with Crippen molar-refractivity contribution in [3.63, 3.8) is 0 Å². The fraction of sp³-hybridized carbons (Fsp3) is 0. The summed E-state index contributed by atoms with van der Waals surface area (Å²) in [4.78, 5) is 21.7. The maximum Gasteiger partial charge on any atom is 0.324 e. The van der Waals surface area contributed by atoms with Crippen molar-refractivity contribution in [2.75, 3.05) is 16.9 Å². The molecule has 98 valence electrons. The van der Waals surface area contributed by atoms with Crippen LogP contribution in [-0.2, 0) is 0 Å². The van der Waals surface area contributed by atoms with Gasteiger partial charge in [0.15, 0.2) is 0 Å². The molecule has 0 aromatic carbocycles. The molecule has 0 radical (unpaired) electrons. The van der Waals surface area contributed by atoms with Crippen LogP contribution in [0, 0.1) is 10.1 Å². The van der Waals surface area contributed by atoms with E-state index >= 15 is 0 Å².